The van der Waals surface area contributed by atoms with Gasteiger partial charge in [0.25, 0.3) is 15.7 Å². The summed E-state index contributed by atoms with van der Waals surface area (Å²) in [4.78, 5) is 10.2. The number of rotatable bonds is 4. The quantitative estimate of drug-likeness (QED) is 0.632. The van der Waals surface area contributed by atoms with Gasteiger partial charge in [0.15, 0.2) is 4.90 Å². The molecule has 1 atom stereocenters. The van der Waals surface area contributed by atoms with Crippen molar-refractivity contribution in [3.63, 3.8) is 0 Å². The Labute approximate surface area is 133 Å². The van der Waals surface area contributed by atoms with Gasteiger partial charge in [-0.15, -0.1) is 0 Å². The molecule has 1 aliphatic rings. The Kier molecular flexibility index (Phi) is 3.95. The SMILES string of the molecule is Cc1ccc(C2CCCN2S(=O)(=O)c2ccccc2[N+](=O)[O-])o1. The number of nitrogens with zero attached hydrogens (tertiary/aromatic N) is 2. The second kappa shape index (κ2) is 5.78. The van der Waals surface area contributed by atoms with E-state index in [-0.39, 0.29) is 4.90 Å². The van der Waals surface area contributed by atoms with E-state index in [9.17, 15) is 18.5 Å². The van der Waals surface area contributed by atoms with Crippen molar-refractivity contribution < 1.29 is 17.8 Å². The van der Waals surface area contributed by atoms with Gasteiger partial charge < -0.3 is 4.42 Å². The minimum absolute atomic E-state index is 0.278. The Morgan fingerprint density at radius 3 is 2.65 bits per heavy atom. The third-order valence-corrected chi connectivity index (χ3v) is 5.90. The number of sulfonamides is 1. The van der Waals surface area contributed by atoms with Gasteiger partial charge in [-0.1, -0.05) is 12.1 Å². The highest BCUT2D eigenvalue weighted by Crippen LogP contribution is 2.39. The first kappa shape index (κ1) is 15.7. The molecule has 0 radical (unpaired) electrons. The topological polar surface area (TPSA) is 93.7 Å². The van der Waals surface area contributed by atoms with Crippen LogP contribution in [-0.2, 0) is 10.0 Å². The highest BCUT2D eigenvalue weighted by molar-refractivity contribution is 7.89. The average molecular weight is 336 g/mol. The molecule has 0 N–H and O–H groups in total. The van der Waals surface area contributed by atoms with E-state index in [2.05, 4.69) is 0 Å². The summed E-state index contributed by atoms with van der Waals surface area (Å²) in [7, 11) is -3.97. The summed E-state index contributed by atoms with van der Waals surface area (Å²) in [5.41, 5.74) is -0.409. The molecule has 0 bridgehead atoms. The van der Waals surface area contributed by atoms with Crippen LogP contribution in [-0.4, -0.2) is 24.2 Å². The van der Waals surface area contributed by atoms with E-state index in [0.29, 0.717) is 30.9 Å². The van der Waals surface area contributed by atoms with Crippen LogP contribution in [0.15, 0.2) is 45.7 Å². The molecule has 0 aliphatic carbocycles. The lowest BCUT2D eigenvalue weighted by molar-refractivity contribution is -0.387. The number of hydrogen-bond acceptors (Lipinski definition) is 5. The fourth-order valence-corrected chi connectivity index (χ4v) is 4.72. The first-order chi connectivity index (χ1) is 10.9. The number of nitro benzene ring substituents is 1. The van der Waals surface area contributed by atoms with Crippen molar-refractivity contribution in [2.24, 2.45) is 0 Å². The molecular formula is C15H16N2O5S. The molecule has 0 amide bonds. The van der Waals surface area contributed by atoms with Gasteiger partial charge in [0.05, 0.1) is 11.0 Å². The maximum atomic E-state index is 12.9. The zero-order valence-corrected chi connectivity index (χ0v) is 13.3. The second-order valence-corrected chi connectivity index (χ2v) is 7.31. The van der Waals surface area contributed by atoms with Crippen molar-refractivity contribution >= 4 is 15.7 Å². The number of nitro groups is 1. The minimum atomic E-state index is -3.97. The van der Waals surface area contributed by atoms with Gasteiger partial charge in [-0.25, -0.2) is 8.42 Å². The Morgan fingerprint density at radius 1 is 1.26 bits per heavy atom. The normalized spacial score (nSPS) is 19.1. The molecule has 2 heterocycles. The van der Waals surface area contributed by atoms with E-state index in [0.717, 1.165) is 0 Å². The highest BCUT2D eigenvalue weighted by atomic mass is 32.2. The first-order valence-corrected chi connectivity index (χ1v) is 8.67. The molecule has 1 unspecified atom stereocenters. The fraction of sp³-hybridized carbons (Fsp3) is 0.333. The molecule has 1 aromatic carbocycles. The number of furan rings is 1. The molecule has 1 aliphatic heterocycles. The number of para-hydroxylation sites is 1. The summed E-state index contributed by atoms with van der Waals surface area (Å²) in [6, 6.07) is 8.53. The van der Waals surface area contributed by atoms with Gasteiger partial charge >= 0.3 is 0 Å². The van der Waals surface area contributed by atoms with Gasteiger partial charge in [-0.2, -0.15) is 4.31 Å². The lowest BCUT2D eigenvalue weighted by Gasteiger charge is -2.22. The highest BCUT2D eigenvalue weighted by Gasteiger charge is 2.40. The van der Waals surface area contributed by atoms with Crippen molar-refractivity contribution in [2.45, 2.75) is 30.7 Å². The van der Waals surface area contributed by atoms with E-state index >= 15 is 0 Å². The van der Waals surface area contributed by atoms with Gasteiger partial charge in [0, 0.05) is 12.6 Å². The Hall–Kier alpha value is -2.19. The van der Waals surface area contributed by atoms with Gasteiger partial charge in [-0.3, -0.25) is 10.1 Å². The molecule has 3 rings (SSSR count). The lowest BCUT2D eigenvalue weighted by atomic mass is 10.2. The zero-order valence-electron chi connectivity index (χ0n) is 12.5. The van der Waals surface area contributed by atoms with Crippen LogP contribution in [0.2, 0.25) is 0 Å². The first-order valence-electron chi connectivity index (χ1n) is 7.23. The van der Waals surface area contributed by atoms with Crippen molar-refractivity contribution in [3.05, 3.63) is 58.0 Å². The molecule has 2 aromatic rings. The summed E-state index contributed by atoms with van der Waals surface area (Å²) in [6.07, 6.45) is 1.32. The lowest BCUT2D eigenvalue weighted by Crippen LogP contribution is -2.31. The molecule has 0 saturated carbocycles. The van der Waals surface area contributed by atoms with Crippen molar-refractivity contribution in [1.82, 2.24) is 4.31 Å². The third kappa shape index (κ3) is 2.75. The van der Waals surface area contributed by atoms with E-state index in [1.54, 1.807) is 19.1 Å². The van der Waals surface area contributed by atoms with Crippen molar-refractivity contribution in [3.8, 4) is 0 Å². The van der Waals surface area contributed by atoms with Crippen LogP contribution in [0.1, 0.15) is 30.4 Å². The van der Waals surface area contributed by atoms with Crippen LogP contribution in [0.25, 0.3) is 0 Å². The zero-order chi connectivity index (χ0) is 16.6. The second-order valence-electron chi connectivity index (χ2n) is 5.45. The molecule has 1 saturated heterocycles. The molecule has 122 valence electrons. The molecule has 7 nitrogen and oxygen atoms in total. The number of aryl methyl sites for hydroxylation is 1. The molecule has 0 spiro atoms. The standard InChI is InChI=1S/C15H16N2O5S/c1-11-8-9-14(22-11)12-6-4-10-16(12)23(20,21)15-7-3-2-5-13(15)17(18)19/h2-3,5,7-9,12H,4,6,10H2,1H3. The molecule has 1 fully saturated rings. The van der Waals surface area contributed by atoms with E-state index in [1.807, 2.05) is 0 Å². The monoisotopic (exact) mass is 336 g/mol. The van der Waals surface area contributed by atoms with E-state index in [1.165, 1.54) is 28.6 Å². The van der Waals surface area contributed by atoms with E-state index < -0.39 is 26.7 Å². The summed E-state index contributed by atoms with van der Waals surface area (Å²) in [5, 5.41) is 11.1. The molecule has 1 aromatic heterocycles. The molecule has 8 heteroatoms. The van der Waals surface area contributed by atoms with Crippen LogP contribution in [0.4, 0.5) is 5.69 Å². The van der Waals surface area contributed by atoms with Gasteiger partial charge in [-0.05, 0) is 38.0 Å². The molecular weight excluding hydrogens is 320 g/mol. The van der Waals surface area contributed by atoms with Crippen LogP contribution < -0.4 is 0 Å². The Morgan fingerprint density at radius 2 is 2.00 bits per heavy atom. The minimum Gasteiger partial charge on any atom is -0.465 e. The Bertz CT molecular complexity index is 843. The third-order valence-electron chi connectivity index (χ3n) is 3.94. The van der Waals surface area contributed by atoms with Crippen molar-refractivity contribution in [2.75, 3.05) is 6.54 Å². The fourth-order valence-electron chi connectivity index (χ4n) is 2.90. The number of hydrogen-bond donors (Lipinski definition) is 0. The van der Waals surface area contributed by atoms with Gasteiger partial charge in [0.2, 0.25) is 0 Å². The Balaban J connectivity index is 2.04. The van der Waals surface area contributed by atoms with Crippen LogP contribution >= 0.6 is 0 Å². The van der Waals surface area contributed by atoms with Crippen LogP contribution in [0.3, 0.4) is 0 Å². The summed E-state index contributed by atoms with van der Waals surface area (Å²) in [6.45, 7) is 2.11. The smallest absolute Gasteiger partial charge is 0.289 e. The predicted molar refractivity (Wildman–Crippen MR) is 82.4 cm³/mol. The largest absolute Gasteiger partial charge is 0.465 e. The van der Waals surface area contributed by atoms with Crippen LogP contribution in [0.5, 0.6) is 0 Å². The predicted octanol–water partition coefficient (Wildman–Crippen LogP) is 3.02. The maximum absolute atomic E-state index is 12.9. The summed E-state index contributed by atoms with van der Waals surface area (Å²) in [5.74, 6) is 1.28. The van der Waals surface area contributed by atoms with Crippen molar-refractivity contribution in [1.29, 1.82) is 0 Å². The summed E-state index contributed by atoms with van der Waals surface area (Å²) >= 11 is 0. The maximum Gasteiger partial charge on any atom is 0.289 e. The van der Waals surface area contributed by atoms with Gasteiger partial charge in [0.1, 0.15) is 11.5 Å². The average Bonchev–Trinajstić information content (AvgIpc) is 3.15. The number of benzene rings is 1. The van der Waals surface area contributed by atoms with Crippen LogP contribution in [0, 0.1) is 17.0 Å². The summed E-state index contributed by atoms with van der Waals surface area (Å²) < 4.78 is 32.7. The molecule has 23 heavy (non-hydrogen) atoms. The van der Waals surface area contributed by atoms with E-state index in [4.69, 9.17) is 4.42 Å².